The van der Waals surface area contributed by atoms with Crippen LogP contribution in [0, 0.1) is 5.92 Å². The number of hydrazine groups is 1. The van der Waals surface area contributed by atoms with Crippen LogP contribution in [0.5, 0.6) is 5.75 Å². The van der Waals surface area contributed by atoms with Crippen molar-refractivity contribution in [1.82, 2.24) is 4.98 Å². The molecule has 0 radical (unpaired) electrons. The molecular formula is C12H18BrN3O. The molecular weight excluding hydrogens is 282 g/mol. The lowest BCUT2D eigenvalue weighted by molar-refractivity contribution is 0.208. The second-order valence-corrected chi connectivity index (χ2v) is 5.31. The van der Waals surface area contributed by atoms with Crippen LogP contribution in [0.3, 0.4) is 0 Å². The highest BCUT2D eigenvalue weighted by Crippen LogP contribution is 2.29. The van der Waals surface area contributed by atoms with E-state index in [0.29, 0.717) is 11.7 Å². The second kappa shape index (κ2) is 6.21. The maximum Gasteiger partial charge on any atom is 0.143 e. The summed E-state index contributed by atoms with van der Waals surface area (Å²) in [6, 6.07) is 1.81. The van der Waals surface area contributed by atoms with Crippen molar-refractivity contribution in [3.63, 3.8) is 0 Å². The first-order chi connectivity index (χ1) is 8.29. The number of nitrogen functional groups attached to an aromatic ring is 1. The molecule has 4 nitrogen and oxygen atoms in total. The van der Waals surface area contributed by atoms with Crippen molar-refractivity contribution in [2.24, 2.45) is 11.8 Å². The molecule has 94 valence electrons. The van der Waals surface area contributed by atoms with Gasteiger partial charge in [-0.25, -0.2) is 10.8 Å². The Morgan fingerprint density at radius 3 is 2.88 bits per heavy atom. The summed E-state index contributed by atoms with van der Waals surface area (Å²) in [5.74, 6) is 7.44. The molecule has 0 amide bonds. The van der Waals surface area contributed by atoms with E-state index in [9.17, 15) is 0 Å². The number of ether oxygens (including phenoxy) is 1. The first kappa shape index (κ1) is 12.6. The van der Waals surface area contributed by atoms with Crippen molar-refractivity contribution in [3.8, 4) is 5.75 Å². The number of hydrogen-bond donors (Lipinski definition) is 2. The zero-order chi connectivity index (χ0) is 12.1. The molecule has 0 aromatic carbocycles. The highest BCUT2D eigenvalue weighted by Gasteiger charge is 2.14. The van der Waals surface area contributed by atoms with Crippen molar-refractivity contribution in [1.29, 1.82) is 0 Å². The van der Waals surface area contributed by atoms with Crippen LogP contribution in [0.1, 0.15) is 32.1 Å². The number of halogens is 1. The molecule has 1 aliphatic rings. The molecule has 1 aromatic heterocycles. The van der Waals surface area contributed by atoms with E-state index in [2.05, 4.69) is 26.3 Å². The third-order valence-corrected chi connectivity index (χ3v) is 3.76. The van der Waals surface area contributed by atoms with Crippen LogP contribution in [0.4, 0.5) is 5.82 Å². The maximum atomic E-state index is 5.84. The van der Waals surface area contributed by atoms with Gasteiger partial charge in [-0.3, -0.25) is 0 Å². The van der Waals surface area contributed by atoms with Crippen LogP contribution in [-0.4, -0.2) is 11.6 Å². The molecule has 0 aliphatic heterocycles. The molecule has 2 rings (SSSR count). The molecule has 0 spiro atoms. The number of nitrogens with zero attached hydrogens (tertiary/aromatic N) is 1. The molecule has 0 saturated heterocycles. The van der Waals surface area contributed by atoms with E-state index >= 15 is 0 Å². The minimum atomic E-state index is 0.617. The number of anilines is 1. The minimum Gasteiger partial charge on any atom is -0.492 e. The van der Waals surface area contributed by atoms with Crippen molar-refractivity contribution in [2.45, 2.75) is 32.1 Å². The van der Waals surface area contributed by atoms with Gasteiger partial charge in [0.05, 0.1) is 11.1 Å². The van der Waals surface area contributed by atoms with Gasteiger partial charge in [-0.15, -0.1) is 0 Å². The largest absolute Gasteiger partial charge is 0.492 e. The molecule has 0 bridgehead atoms. The van der Waals surface area contributed by atoms with Gasteiger partial charge < -0.3 is 10.2 Å². The van der Waals surface area contributed by atoms with E-state index < -0.39 is 0 Å². The Kier molecular flexibility index (Phi) is 4.62. The average molecular weight is 300 g/mol. The molecule has 1 fully saturated rings. The molecule has 17 heavy (non-hydrogen) atoms. The fraction of sp³-hybridized carbons (Fsp3) is 0.583. The summed E-state index contributed by atoms with van der Waals surface area (Å²) in [5.41, 5.74) is 2.52. The van der Waals surface area contributed by atoms with Crippen LogP contribution >= 0.6 is 15.9 Å². The third kappa shape index (κ3) is 3.57. The quantitative estimate of drug-likeness (QED) is 0.662. The summed E-state index contributed by atoms with van der Waals surface area (Å²) in [7, 11) is 0. The van der Waals surface area contributed by atoms with Crippen LogP contribution < -0.4 is 16.0 Å². The molecule has 1 heterocycles. The van der Waals surface area contributed by atoms with Crippen molar-refractivity contribution < 1.29 is 4.74 Å². The van der Waals surface area contributed by atoms with E-state index in [1.165, 1.54) is 32.1 Å². The molecule has 5 heteroatoms. The first-order valence-electron chi connectivity index (χ1n) is 6.04. The lowest BCUT2D eigenvalue weighted by Crippen LogP contribution is -2.16. The lowest BCUT2D eigenvalue weighted by Gasteiger charge is -2.22. The van der Waals surface area contributed by atoms with Crippen molar-refractivity contribution in [3.05, 3.63) is 16.7 Å². The number of aromatic nitrogens is 1. The monoisotopic (exact) mass is 299 g/mol. The molecule has 1 saturated carbocycles. The summed E-state index contributed by atoms with van der Waals surface area (Å²) in [6.45, 7) is 0.784. The first-order valence-corrected chi connectivity index (χ1v) is 6.84. The van der Waals surface area contributed by atoms with Gasteiger partial charge in [0.25, 0.3) is 0 Å². The van der Waals surface area contributed by atoms with E-state index in [0.717, 1.165) is 16.8 Å². The van der Waals surface area contributed by atoms with Crippen molar-refractivity contribution in [2.75, 3.05) is 12.0 Å². The van der Waals surface area contributed by atoms with E-state index in [1.807, 2.05) is 6.07 Å². The Morgan fingerprint density at radius 2 is 2.18 bits per heavy atom. The molecule has 1 aromatic rings. The van der Waals surface area contributed by atoms with E-state index in [-0.39, 0.29) is 0 Å². The number of nitrogens with one attached hydrogen (secondary N) is 1. The predicted octanol–water partition coefficient (Wildman–Crippen LogP) is 3.09. The highest BCUT2D eigenvalue weighted by atomic mass is 79.9. The third-order valence-electron chi connectivity index (χ3n) is 3.17. The van der Waals surface area contributed by atoms with Gasteiger partial charge in [0, 0.05) is 12.3 Å². The van der Waals surface area contributed by atoms with Gasteiger partial charge in [0.15, 0.2) is 0 Å². The van der Waals surface area contributed by atoms with Gasteiger partial charge in [-0.05, 0) is 34.7 Å². The number of pyridine rings is 1. The molecule has 0 atom stereocenters. The molecule has 3 N–H and O–H groups in total. The van der Waals surface area contributed by atoms with Gasteiger partial charge in [-0.1, -0.05) is 19.3 Å². The Balaban J connectivity index is 1.92. The lowest BCUT2D eigenvalue weighted by atomic mass is 9.90. The summed E-state index contributed by atoms with van der Waals surface area (Å²) < 4.78 is 6.70. The molecule has 1 aliphatic carbocycles. The number of hydrogen-bond acceptors (Lipinski definition) is 4. The van der Waals surface area contributed by atoms with Gasteiger partial charge in [0.2, 0.25) is 0 Å². The van der Waals surface area contributed by atoms with Crippen molar-refractivity contribution >= 4 is 21.7 Å². The normalized spacial score (nSPS) is 16.8. The summed E-state index contributed by atoms with van der Waals surface area (Å²) in [5, 5.41) is 0. The Hall–Kier alpha value is -0.810. The Labute approximate surface area is 110 Å². The average Bonchev–Trinajstić information content (AvgIpc) is 2.39. The fourth-order valence-corrected chi connectivity index (χ4v) is 2.50. The summed E-state index contributed by atoms with van der Waals surface area (Å²) >= 11 is 3.43. The van der Waals surface area contributed by atoms with Gasteiger partial charge in [0.1, 0.15) is 11.6 Å². The fourth-order valence-electron chi connectivity index (χ4n) is 2.17. The second-order valence-electron chi connectivity index (χ2n) is 4.46. The van der Waals surface area contributed by atoms with Crippen LogP contribution in [0.2, 0.25) is 0 Å². The minimum absolute atomic E-state index is 0.617. The number of nitrogens with two attached hydrogens (primary N) is 1. The zero-order valence-electron chi connectivity index (χ0n) is 9.79. The van der Waals surface area contributed by atoms with Crippen LogP contribution in [-0.2, 0) is 0 Å². The Bertz CT molecular complexity index is 367. The van der Waals surface area contributed by atoms with E-state index in [1.54, 1.807) is 6.20 Å². The molecule has 0 unspecified atom stereocenters. The predicted molar refractivity (Wildman–Crippen MR) is 71.8 cm³/mol. The van der Waals surface area contributed by atoms with Gasteiger partial charge >= 0.3 is 0 Å². The summed E-state index contributed by atoms with van der Waals surface area (Å²) in [4.78, 5) is 4.09. The number of rotatable bonds is 4. The van der Waals surface area contributed by atoms with Crippen LogP contribution in [0.25, 0.3) is 0 Å². The zero-order valence-corrected chi connectivity index (χ0v) is 11.4. The standard InChI is InChI=1S/C12H18BrN3O/c13-10-7-15-12(16-14)6-11(10)17-8-9-4-2-1-3-5-9/h6-7,9H,1-5,8,14H2,(H,15,16). The van der Waals surface area contributed by atoms with E-state index in [4.69, 9.17) is 10.6 Å². The SMILES string of the molecule is NNc1cc(OCC2CCCCC2)c(Br)cn1. The smallest absolute Gasteiger partial charge is 0.143 e. The topological polar surface area (TPSA) is 60.2 Å². The van der Waals surface area contributed by atoms with Gasteiger partial charge in [-0.2, -0.15) is 0 Å². The highest BCUT2D eigenvalue weighted by molar-refractivity contribution is 9.10. The summed E-state index contributed by atoms with van der Waals surface area (Å²) in [6.07, 6.45) is 8.31. The Morgan fingerprint density at radius 1 is 1.41 bits per heavy atom. The van der Waals surface area contributed by atoms with Crippen LogP contribution in [0.15, 0.2) is 16.7 Å². The maximum absolute atomic E-state index is 5.84.